The van der Waals surface area contributed by atoms with Crippen molar-refractivity contribution in [3.63, 3.8) is 0 Å². The largest absolute Gasteiger partial charge is 0.353 e. The van der Waals surface area contributed by atoms with Crippen LogP contribution in [0.4, 0.5) is 0 Å². The number of fused-ring (bicyclic) bond motifs is 2. The Morgan fingerprint density at radius 1 is 1.04 bits per heavy atom. The molecule has 142 valence electrons. The molecule has 1 aliphatic carbocycles. The van der Waals surface area contributed by atoms with Crippen molar-refractivity contribution in [1.82, 2.24) is 15.3 Å². The number of carbonyl (C=O) groups is 1. The molecule has 1 atom stereocenters. The molecule has 0 saturated carbocycles. The van der Waals surface area contributed by atoms with Crippen LogP contribution in [0.25, 0.3) is 0 Å². The van der Waals surface area contributed by atoms with E-state index in [0.717, 1.165) is 18.5 Å². The zero-order chi connectivity index (χ0) is 19.3. The summed E-state index contributed by atoms with van der Waals surface area (Å²) in [7, 11) is 0. The normalized spacial score (nSPS) is 14.5. The number of aryl methyl sites for hydroxylation is 2. The van der Waals surface area contributed by atoms with Crippen LogP contribution in [0, 0.1) is 0 Å². The lowest BCUT2D eigenvalue weighted by atomic mass is 9.85. The summed E-state index contributed by atoms with van der Waals surface area (Å²) >= 11 is 0. The Balaban J connectivity index is 1.53. The average molecular weight is 371 g/mol. The number of amides is 1. The van der Waals surface area contributed by atoms with Gasteiger partial charge in [0.1, 0.15) is 0 Å². The van der Waals surface area contributed by atoms with E-state index in [1.165, 1.54) is 22.3 Å². The topological polar surface area (TPSA) is 54.9 Å². The van der Waals surface area contributed by atoms with E-state index in [0.29, 0.717) is 12.8 Å². The van der Waals surface area contributed by atoms with Gasteiger partial charge in [-0.15, -0.1) is 0 Å². The standard InChI is InChI=1S/C24H25N3O/c1-17(14-20-16-25-12-13-26-20)27-24(28)15-23-21-8-4-2-6-18(21)10-11-19-7-3-5-9-22(19)23/h2-9,12-13,16-17,23H,10-11,14-15H2,1H3,(H,27,28)/t17-/m1/s1. The van der Waals surface area contributed by atoms with Crippen molar-refractivity contribution in [3.8, 4) is 0 Å². The Morgan fingerprint density at radius 3 is 2.29 bits per heavy atom. The predicted molar refractivity (Wildman–Crippen MR) is 110 cm³/mol. The number of hydrogen-bond donors (Lipinski definition) is 1. The van der Waals surface area contributed by atoms with Gasteiger partial charge in [-0.2, -0.15) is 0 Å². The van der Waals surface area contributed by atoms with Crippen LogP contribution < -0.4 is 5.32 Å². The Hall–Kier alpha value is -3.01. The summed E-state index contributed by atoms with van der Waals surface area (Å²) in [6.07, 6.45) is 8.27. The second-order valence-electron chi connectivity index (χ2n) is 7.52. The first-order valence-electron chi connectivity index (χ1n) is 9.90. The van der Waals surface area contributed by atoms with E-state index in [-0.39, 0.29) is 17.9 Å². The fourth-order valence-electron chi connectivity index (χ4n) is 4.18. The van der Waals surface area contributed by atoms with Crippen LogP contribution in [-0.4, -0.2) is 21.9 Å². The predicted octanol–water partition coefficient (Wildman–Crippen LogP) is 3.84. The molecule has 0 unspecified atom stereocenters. The van der Waals surface area contributed by atoms with Gasteiger partial charge in [0, 0.05) is 43.4 Å². The van der Waals surface area contributed by atoms with Crippen molar-refractivity contribution < 1.29 is 4.79 Å². The molecular weight excluding hydrogens is 346 g/mol. The molecule has 4 rings (SSSR count). The summed E-state index contributed by atoms with van der Waals surface area (Å²) in [5, 5.41) is 3.15. The first kappa shape index (κ1) is 18.4. The van der Waals surface area contributed by atoms with E-state index in [1.807, 2.05) is 6.92 Å². The van der Waals surface area contributed by atoms with E-state index in [1.54, 1.807) is 18.6 Å². The molecule has 0 saturated heterocycles. The molecule has 1 N–H and O–H groups in total. The molecule has 28 heavy (non-hydrogen) atoms. The molecule has 4 nitrogen and oxygen atoms in total. The fraction of sp³-hybridized carbons (Fsp3) is 0.292. The number of aromatic nitrogens is 2. The van der Waals surface area contributed by atoms with E-state index in [9.17, 15) is 4.79 Å². The van der Waals surface area contributed by atoms with Gasteiger partial charge in [-0.25, -0.2) is 0 Å². The van der Waals surface area contributed by atoms with E-state index >= 15 is 0 Å². The quantitative estimate of drug-likeness (QED) is 0.741. The molecule has 3 aromatic rings. The Kier molecular flexibility index (Phi) is 5.47. The molecule has 0 spiro atoms. The number of nitrogens with one attached hydrogen (secondary N) is 1. The van der Waals surface area contributed by atoms with Gasteiger partial charge in [0.2, 0.25) is 5.91 Å². The van der Waals surface area contributed by atoms with Crippen LogP contribution in [0.2, 0.25) is 0 Å². The first-order chi connectivity index (χ1) is 13.7. The van der Waals surface area contributed by atoms with Crippen molar-refractivity contribution in [2.75, 3.05) is 0 Å². The van der Waals surface area contributed by atoms with Crippen molar-refractivity contribution in [2.24, 2.45) is 0 Å². The summed E-state index contributed by atoms with van der Waals surface area (Å²) in [6, 6.07) is 17.1. The van der Waals surface area contributed by atoms with Gasteiger partial charge >= 0.3 is 0 Å². The Morgan fingerprint density at radius 2 is 1.68 bits per heavy atom. The molecule has 1 aromatic heterocycles. The third kappa shape index (κ3) is 4.11. The van der Waals surface area contributed by atoms with Crippen LogP contribution in [-0.2, 0) is 24.1 Å². The maximum atomic E-state index is 12.9. The second kappa shape index (κ2) is 8.34. The molecular formula is C24H25N3O. The lowest BCUT2D eigenvalue weighted by Gasteiger charge is -2.21. The highest BCUT2D eigenvalue weighted by Crippen LogP contribution is 2.36. The lowest BCUT2D eigenvalue weighted by molar-refractivity contribution is -0.121. The first-order valence-corrected chi connectivity index (χ1v) is 9.90. The van der Waals surface area contributed by atoms with Gasteiger partial charge < -0.3 is 5.32 Å². The number of rotatable bonds is 5. The minimum absolute atomic E-state index is 0.0143. The highest BCUT2D eigenvalue weighted by Gasteiger charge is 2.25. The number of benzene rings is 2. The molecule has 0 bridgehead atoms. The molecule has 0 fully saturated rings. The molecule has 0 aliphatic heterocycles. The monoisotopic (exact) mass is 371 g/mol. The summed E-state index contributed by atoms with van der Waals surface area (Å²) in [4.78, 5) is 21.3. The van der Waals surface area contributed by atoms with Gasteiger partial charge in [0.15, 0.2) is 0 Å². The van der Waals surface area contributed by atoms with Gasteiger partial charge in [0.25, 0.3) is 0 Å². The molecule has 1 aliphatic rings. The van der Waals surface area contributed by atoms with Crippen LogP contribution in [0.3, 0.4) is 0 Å². The smallest absolute Gasteiger partial charge is 0.221 e. The van der Waals surface area contributed by atoms with Crippen molar-refractivity contribution >= 4 is 5.91 Å². The minimum Gasteiger partial charge on any atom is -0.353 e. The number of nitrogens with zero attached hydrogens (tertiary/aromatic N) is 2. The summed E-state index contributed by atoms with van der Waals surface area (Å²) < 4.78 is 0. The van der Waals surface area contributed by atoms with E-state index < -0.39 is 0 Å². The van der Waals surface area contributed by atoms with Crippen molar-refractivity contribution in [1.29, 1.82) is 0 Å². The highest BCUT2D eigenvalue weighted by atomic mass is 16.1. The third-order valence-electron chi connectivity index (χ3n) is 5.45. The Bertz CT molecular complexity index is 907. The van der Waals surface area contributed by atoms with Crippen LogP contribution in [0.1, 0.15) is 47.2 Å². The minimum atomic E-state index is 0.0143. The number of hydrogen-bond acceptors (Lipinski definition) is 3. The third-order valence-corrected chi connectivity index (χ3v) is 5.45. The van der Waals surface area contributed by atoms with Gasteiger partial charge in [0.05, 0.1) is 5.69 Å². The summed E-state index contributed by atoms with van der Waals surface area (Å²) in [5.74, 6) is 0.173. The van der Waals surface area contributed by atoms with Crippen molar-refractivity contribution in [3.05, 3.63) is 95.1 Å². The molecule has 4 heteroatoms. The fourth-order valence-corrected chi connectivity index (χ4v) is 4.18. The van der Waals surface area contributed by atoms with E-state index in [4.69, 9.17) is 0 Å². The SMILES string of the molecule is C[C@H](Cc1cnccn1)NC(=O)CC1c2ccccc2CCc2ccccc21. The van der Waals surface area contributed by atoms with Gasteiger partial charge in [-0.1, -0.05) is 48.5 Å². The molecule has 1 amide bonds. The maximum Gasteiger partial charge on any atom is 0.221 e. The number of carbonyl (C=O) groups excluding carboxylic acids is 1. The van der Waals surface area contributed by atoms with E-state index in [2.05, 4.69) is 63.8 Å². The Labute approximate surface area is 166 Å². The molecule has 0 radical (unpaired) electrons. The zero-order valence-corrected chi connectivity index (χ0v) is 16.1. The molecule has 2 aromatic carbocycles. The maximum absolute atomic E-state index is 12.9. The summed E-state index contributed by atoms with van der Waals surface area (Å²) in [6.45, 7) is 2.02. The van der Waals surface area contributed by atoms with Gasteiger partial charge in [-0.05, 0) is 42.0 Å². The summed E-state index contributed by atoms with van der Waals surface area (Å²) in [5.41, 5.74) is 6.15. The molecule has 1 heterocycles. The van der Waals surface area contributed by atoms with Crippen LogP contribution >= 0.6 is 0 Å². The van der Waals surface area contributed by atoms with Crippen molar-refractivity contribution in [2.45, 2.75) is 44.6 Å². The van der Waals surface area contributed by atoms with Gasteiger partial charge in [-0.3, -0.25) is 14.8 Å². The zero-order valence-electron chi connectivity index (χ0n) is 16.1. The average Bonchev–Trinajstić information content (AvgIpc) is 2.86. The highest BCUT2D eigenvalue weighted by molar-refractivity contribution is 5.78. The van der Waals surface area contributed by atoms with Crippen LogP contribution in [0.5, 0.6) is 0 Å². The van der Waals surface area contributed by atoms with Crippen LogP contribution in [0.15, 0.2) is 67.1 Å². The lowest BCUT2D eigenvalue weighted by Crippen LogP contribution is -2.35. The second-order valence-corrected chi connectivity index (χ2v) is 7.52.